The minimum atomic E-state index is -0.627. The normalized spacial score (nSPS) is 18.1. The molecule has 0 radical (unpaired) electrons. The molecule has 2 aromatic rings. The molecule has 138 valence electrons. The second-order valence-corrected chi connectivity index (χ2v) is 7.22. The molecule has 1 saturated carbocycles. The number of aliphatic imine (C=N–C) groups is 1. The van der Waals surface area contributed by atoms with Gasteiger partial charge in [-0.2, -0.15) is 0 Å². The number of carbonyl (C=O) groups is 1. The summed E-state index contributed by atoms with van der Waals surface area (Å²) >= 11 is 5.69. The molecule has 1 spiro atoms. The second kappa shape index (κ2) is 6.85. The van der Waals surface area contributed by atoms with Crippen molar-refractivity contribution in [1.29, 1.82) is 0 Å². The fraction of sp³-hybridized carbons (Fsp3) is 0.286. The van der Waals surface area contributed by atoms with E-state index in [4.69, 9.17) is 21.9 Å². The van der Waals surface area contributed by atoms with Crippen LogP contribution in [0.3, 0.4) is 0 Å². The van der Waals surface area contributed by atoms with Crippen molar-refractivity contribution in [3.05, 3.63) is 65.5 Å². The van der Waals surface area contributed by atoms with E-state index in [1.54, 1.807) is 12.0 Å². The number of hydrogen-bond donors (Lipinski definition) is 0. The molecule has 0 aromatic heterocycles. The largest absolute Gasteiger partial charge is 0.497 e. The van der Waals surface area contributed by atoms with Crippen molar-refractivity contribution >= 4 is 28.8 Å². The van der Waals surface area contributed by atoms with Gasteiger partial charge in [-0.3, -0.25) is 14.7 Å². The zero-order chi connectivity index (χ0) is 19.0. The highest BCUT2D eigenvalue weighted by molar-refractivity contribution is 7.82. The highest BCUT2D eigenvalue weighted by atomic mass is 32.1. The van der Waals surface area contributed by atoms with Crippen LogP contribution in [0.15, 0.2) is 53.5 Å². The van der Waals surface area contributed by atoms with Crippen LogP contribution >= 0.6 is 12.2 Å². The van der Waals surface area contributed by atoms with Crippen LogP contribution in [0, 0.1) is 5.82 Å². The molecule has 0 bridgehead atoms. The first-order valence-corrected chi connectivity index (χ1v) is 9.34. The SMILES string of the molecule is COc1ccc(C2=NC3(CCCC3)N(C(=O)c3ccc(F)cc3)C2=S)cc1. The lowest BCUT2D eigenvalue weighted by atomic mass is 10.1. The van der Waals surface area contributed by atoms with Crippen LogP contribution in [0.25, 0.3) is 0 Å². The summed E-state index contributed by atoms with van der Waals surface area (Å²) in [4.78, 5) is 20.2. The lowest BCUT2D eigenvalue weighted by Crippen LogP contribution is -2.48. The molecular weight excluding hydrogens is 363 g/mol. The van der Waals surface area contributed by atoms with Gasteiger partial charge in [0.2, 0.25) is 0 Å². The molecule has 27 heavy (non-hydrogen) atoms. The fourth-order valence-corrected chi connectivity index (χ4v) is 4.23. The Hall–Kier alpha value is -2.60. The molecule has 0 saturated heterocycles. The standard InChI is InChI=1S/C21H19FN2O2S/c1-26-17-10-6-14(7-11-17)18-20(27)24(21(23-18)12-2-3-13-21)19(25)15-4-8-16(22)9-5-15/h4-11H,2-3,12-13H2,1H3. The first-order chi connectivity index (χ1) is 13.0. The van der Waals surface area contributed by atoms with Crippen LogP contribution in [-0.4, -0.2) is 34.3 Å². The Kier molecular flexibility index (Phi) is 4.52. The highest BCUT2D eigenvalue weighted by Crippen LogP contribution is 2.42. The van der Waals surface area contributed by atoms with Gasteiger partial charge in [0.1, 0.15) is 27.9 Å². The van der Waals surface area contributed by atoms with Gasteiger partial charge in [0, 0.05) is 11.1 Å². The van der Waals surface area contributed by atoms with Crippen molar-refractivity contribution in [2.75, 3.05) is 7.11 Å². The number of benzene rings is 2. The molecular formula is C21H19FN2O2S. The lowest BCUT2D eigenvalue weighted by Gasteiger charge is -2.32. The van der Waals surface area contributed by atoms with Gasteiger partial charge in [0.05, 0.1) is 7.11 Å². The first-order valence-electron chi connectivity index (χ1n) is 8.93. The predicted molar refractivity (Wildman–Crippen MR) is 106 cm³/mol. The van der Waals surface area contributed by atoms with Gasteiger partial charge in [-0.15, -0.1) is 0 Å². The summed E-state index contributed by atoms with van der Waals surface area (Å²) in [5, 5.41) is 0. The van der Waals surface area contributed by atoms with Crippen molar-refractivity contribution in [3.8, 4) is 5.75 Å². The van der Waals surface area contributed by atoms with Gasteiger partial charge in [-0.1, -0.05) is 12.2 Å². The van der Waals surface area contributed by atoms with Crippen molar-refractivity contribution in [2.24, 2.45) is 4.99 Å². The molecule has 1 aliphatic carbocycles. The molecule has 4 rings (SSSR count). The van der Waals surface area contributed by atoms with Crippen LogP contribution in [0.1, 0.15) is 41.6 Å². The molecule has 1 fully saturated rings. The highest BCUT2D eigenvalue weighted by Gasteiger charge is 2.50. The number of carbonyl (C=O) groups excluding carboxylic acids is 1. The van der Waals surface area contributed by atoms with Crippen LogP contribution in [0.2, 0.25) is 0 Å². The molecule has 1 amide bonds. The summed E-state index contributed by atoms with van der Waals surface area (Å²) < 4.78 is 18.5. The molecule has 2 aliphatic rings. The Morgan fingerprint density at radius 2 is 1.74 bits per heavy atom. The van der Waals surface area contributed by atoms with Crippen molar-refractivity contribution in [3.63, 3.8) is 0 Å². The van der Waals surface area contributed by atoms with E-state index in [1.807, 2.05) is 24.3 Å². The zero-order valence-electron chi connectivity index (χ0n) is 14.9. The number of nitrogens with zero attached hydrogens (tertiary/aromatic N) is 2. The summed E-state index contributed by atoms with van der Waals surface area (Å²) in [7, 11) is 1.61. The van der Waals surface area contributed by atoms with E-state index in [9.17, 15) is 9.18 Å². The number of rotatable bonds is 3. The third-order valence-corrected chi connectivity index (χ3v) is 5.58. The third-order valence-electron chi connectivity index (χ3n) is 5.20. The van der Waals surface area contributed by atoms with Gasteiger partial charge in [-0.05, 0) is 74.2 Å². The fourth-order valence-electron chi connectivity index (χ4n) is 3.82. The lowest BCUT2D eigenvalue weighted by molar-refractivity contribution is 0.0724. The van der Waals surface area contributed by atoms with E-state index in [2.05, 4.69) is 0 Å². The minimum absolute atomic E-state index is 0.228. The van der Waals surface area contributed by atoms with E-state index < -0.39 is 5.66 Å². The maximum absolute atomic E-state index is 13.3. The molecule has 1 heterocycles. The van der Waals surface area contributed by atoms with E-state index in [-0.39, 0.29) is 11.7 Å². The Morgan fingerprint density at radius 1 is 1.11 bits per heavy atom. The molecule has 0 atom stereocenters. The number of methoxy groups -OCH3 is 1. The van der Waals surface area contributed by atoms with E-state index in [0.717, 1.165) is 37.0 Å². The van der Waals surface area contributed by atoms with Crippen LogP contribution in [0.5, 0.6) is 5.75 Å². The predicted octanol–water partition coefficient (Wildman–Crippen LogP) is 4.38. The second-order valence-electron chi connectivity index (χ2n) is 6.83. The van der Waals surface area contributed by atoms with Crippen LogP contribution in [-0.2, 0) is 0 Å². The smallest absolute Gasteiger partial charge is 0.260 e. The summed E-state index contributed by atoms with van der Waals surface area (Å²) in [6.07, 6.45) is 3.55. The van der Waals surface area contributed by atoms with E-state index in [1.165, 1.54) is 24.3 Å². The minimum Gasteiger partial charge on any atom is -0.497 e. The van der Waals surface area contributed by atoms with E-state index in [0.29, 0.717) is 16.3 Å². The molecule has 0 unspecified atom stereocenters. The molecule has 2 aromatic carbocycles. The van der Waals surface area contributed by atoms with Gasteiger partial charge >= 0.3 is 0 Å². The number of thiocarbonyl (C=S) groups is 1. The molecule has 6 heteroatoms. The zero-order valence-corrected chi connectivity index (χ0v) is 15.8. The number of hydrogen-bond acceptors (Lipinski definition) is 4. The maximum atomic E-state index is 13.3. The van der Waals surface area contributed by atoms with Crippen molar-refractivity contribution in [1.82, 2.24) is 4.90 Å². The summed E-state index contributed by atoms with van der Waals surface area (Å²) in [6.45, 7) is 0. The number of amides is 1. The van der Waals surface area contributed by atoms with Crippen molar-refractivity contribution < 1.29 is 13.9 Å². The van der Waals surface area contributed by atoms with Gasteiger partial charge in [0.15, 0.2) is 0 Å². The van der Waals surface area contributed by atoms with Crippen LogP contribution in [0.4, 0.5) is 4.39 Å². The van der Waals surface area contributed by atoms with Gasteiger partial charge in [0.25, 0.3) is 5.91 Å². The Balaban J connectivity index is 1.73. The Bertz CT molecular complexity index is 916. The van der Waals surface area contributed by atoms with Crippen molar-refractivity contribution in [2.45, 2.75) is 31.3 Å². The Morgan fingerprint density at radius 3 is 2.33 bits per heavy atom. The first kappa shape index (κ1) is 17.8. The quantitative estimate of drug-likeness (QED) is 0.740. The number of halogens is 1. The van der Waals surface area contributed by atoms with Crippen LogP contribution < -0.4 is 4.74 Å². The molecule has 0 N–H and O–H groups in total. The molecule has 4 nitrogen and oxygen atoms in total. The summed E-state index contributed by atoms with van der Waals surface area (Å²) in [5.41, 5.74) is 1.31. The average Bonchev–Trinajstić information content (AvgIpc) is 3.27. The third kappa shape index (κ3) is 3.04. The number of ether oxygens (including phenoxy) is 1. The molecule has 1 aliphatic heterocycles. The van der Waals surface area contributed by atoms with E-state index >= 15 is 0 Å². The Labute approximate surface area is 162 Å². The topological polar surface area (TPSA) is 41.9 Å². The monoisotopic (exact) mass is 382 g/mol. The maximum Gasteiger partial charge on any atom is 0.260 e. The summed E-state index contributed by atoms with van der Waals surface area (Å²) in [5.74, 6) is 0.147. The summed E-state index contributed by atoms with van der Waals surface area (Å²) in [6, 6.07) is 13.1. The van der Waals surface area contributed by atoms with Gasteiger partial charge < -0.3 is 4.74 Å². The average molecular weight is 382 g/mol. The van der Waals surface area contributed by atoms with Gasteiger partial charge in [-0.25, -0.2) is 4.39 Å².